The first-order valence-electron chi connectivity index (χ1n) is 10.2. The van der Waals surface area contributed by atoms with Crippen LogP contribution in [0, 0.1) is 0 Å². The Labute approximate surface area is 169 Å². The molecule has 1 aliphatic carbocycles. The molecule has 3 N–H and O–H groups in total. The molecular formula is C21H29F3N2O3. The zero-order chi connectivity index (χ0) is 21.0. The summed E-state index contributed by atoms with van der Waals surface area (Å²) in [6.07, 6.45) is -0.188. The summed E-state index contributed by atoms with van der Waals surface area (Å²) in [4.78, 5) is 13.6. The highest BCUT2D eigenvalue weighted by atomic mass is 19.4. The van der Waals surface area contributed by atoms with Gasteiger partial charge in [0.05, 0.1) is 24.3 Å². The lowest BCUT2D eigenvalue weighted by atomic mass is 9.81. The van der Waals surface area contributed by atoms with Crippen LogP contribution in [0.1, 0.15) is 55.6 Å². The number of alkyl halides is 3. The van der Waals surface area contributed by atoms with Crippen molar-refractivity contribution in [3.05, 3.63) is 35.4 Å². The van der Waals surface area contributed by atoms with Crippen molar-refractivity contribution < 1.29 is 27.8 Å². The number of ether oxygens (including phenoxy) is 1. The van der Waals surface area contributed by atoms with E-state index in [1.165, 1.54) is 6.07 Å². The van der Waals surface area contributed by atoms with Gasteiger partial charge in [0, 0.05) is 12.6 Å². The molecule has 8 heteroatoms. The first-order chi connectivity index (χ1) is 13.8. The summed E-state index contributed by atoms with van der Waals surface area (Å²) in [5.41, 5.74) is 5.99. The molecule has 1 aromatic carbocycles. The van der Waals surface area contributed by atoms with Crippen LogP contribution in [-0.2, 0) is 15.7 Å². The van der Waals surface area contributed by atoms with Gasteiger partial charge in [-0.3, -0.25) is 4.79 Å². The van der Waals surface area contributed by atoms with Gasteiger partial charge in [0.2, 0.25) is 5.91 Å². The third kappa shape index (κ3) is 5.29. The minimum Gasteiger partial charge on any atom is -0.387 e. The van der Waals surface area contributed by atoms with Gasteiger partial charge in [-0.25, -0.2) is 0 Å². The first-order valence-corrected chi connectivity index (χ1v) is 10.2. The van der Waals surface area contributed by atoms with Gasteiger partial charge >= 0.3 is 6.18 Å². The second kappa shape index (κ2) is 9.45. The van der Waals surface area contributed by atoms with Crippen molar-refractivity contribution in [1.29, 1.82) is 0 Å². The topological polar surface area (TPSA) is 75.8 Å². The van der Waals surface area contributed by atoms with Gasteiger partial charge < -0.3 is 20.5 Å². The molecule has 2 atom stereocenters. The molecular weight excluding hydrogens is 385 g/mol. The summed E-state index contributed by atoms with van der Waals surface area (Å²) < 4.78 is 45.9. The Morgan fingerprint density at radius 3 is 2.52 bits per heavy atom. The van der Waals surface area contributed by atoms with Crippen molar-refractivity contribution >= 4 is 5.91 Å². The number of hydrogen-bond donors (Lipinski definition) is 2. The van der Waals surface area contributed by atoms with E-state index in [1.54, 1.807) is 17.0 Å². The highest BCUT2D eigenvalue weighted by molar-refractivity contribution is 5.77. The van der Waals surface area contributed by atoms with E-state index < -0.39 is 18.3 Å². The highest BCUT2D eigenvalue weighted by Crippen LogP contribution is 2.41. The molecule has 2 fully saturated rings. The van der Waals surface area contributed by atoms with Crippen LogP contribution in [0.25, 0.3) is 0 Å². The number of nitrogens with zero attached hydrogens (tertiary/aromatic N) is 1. The Morgan fingerprint density at radius 1 is 1.17 bits per heavy atom. The monoisotopic (exact) mass is 414 g/mol. The normalized spacial score (nSPS) is 28.4. The maximum absolute atomic E-state index is 13.3. The third-order valence-electron chi connectivity index (χ3n) is 6.17. The van der Waals surface area contributed by atoms with E-state index in [-0.39, 0.29) is 30.0 Å². The molecule has 1 saturated carbocycles. The number of aliphatic hydroxyl groups is 1. The summed E-state index contributed by atoms with van der Waals surface area (Å²) >= 11 is 0. The Kier molecular flexibility index (Phi) is 7.19. The Hall–Kier alpha value is -1.64. The zero-order valence-corrected chi connectivity index (χ0v) is 16.4. The minimum absolute atomic E-state index is 0.0514. The number of likely N-dealkylation sites (tertiary alicyclic amines) is 1. The van der Waals surface area contributed by atoms with Gasteiger partial charge in [-0.15, -0.1) is 0 Å². The van der Waals surface area contributed by atoms with Gasteiger partial charge in [-0.05, 0) is 56.1 Å². The van der Waals surface area contributed by atoms with Crippen LogP contribution in [-0.4, -0.2) is 53.9 Å². The van der Waals surface area contributed by atoms with Crippen LogP contribution < -0.4 is 5.73 Å². The van der Waals surface area contributed by atoms with Crippen LogP contribution in [0.4, 0.5) is 13.2 Å². The molecule has 0 radical (unpaired) electrons. The number of carbonyl (C=O) groups excluding carboxylic acids is 1. The van der Waals surface area contributed by atoms with Crippen molar-refractivity contribution in [2.75, 3.05) is 19.8 Å². The number of hydrogen-bond acceptors (Lipinski definition) is 4. The predicted octanol–water partition coefficient (Wildman–Crippen LogP) is 3.06. The average Bonchev–Trinajstić information content (AvgIpc) is 2.72. The van der Waals surface area contributed by atoms with E-state index >= 15 is 0 Å². The number of halogens is 3. The van der Waals surface area contributed by atoms with Gasteiger partial charge in [0.15, 0.2) is 0 Å². The van der Waals surface area contributed by atoms with Crippen molar-refractivity contribution in [3.63, 3.8) is 0 Å². The molecule has 0 spiro atoms. The minimum atomic E-state index is -4.34. The van der Waals surface area contributed by atoms with E-state index in [4.69, 9.17) is 10.5 Å². The summed E-state index contributed by atoms with van der Waals surface area (Å²) in [6, 6.07) is 5.34. The Balaban J connectivity index is 1.56. The van der Waals surface area contributed by atoms with Gasteiger partial charge in [-0.1, -0.05) is 18.2 Å². The molecule has 1 aromatic rings. The Bertz CT molecular complexity index is 690. The lowest BCUT2D eigenvalue weighted by Crippen LogP contribution is -2.57. The summed E-state index contributed by atoms with van der Waals surface area (Å²) in [5.74, 6) is -0.474. The SMILES string of the molecule is NC1CCCN(C(=O)CO)[C@H]1CO[C@H]1CC[C@@H](c2ccccc2C(F)(F)F)CC1. The number of benzene rings is 1. The van der Waals surface area contributed by atoms with Gasteiger partial charge in [0.1, 0.15) is 6.61 Å². The summed E-state index contributed by atoms with van der Waals surface area (Å²) in [5, 5.41) is 9.17. The van der Waals surface area contributed by atoms with Crippen LogP contribution in [0.5, 0.6) is 0 Å². The van der Waals surface area contributed by atoms with Crippen molar-refractivity contribution in [2.24, 2.45) is 5.73 Å². The number of nitrogens with two attached hydrogens (primary N) is 1. The summed E-state index contributed by atoms with van der Waals surface area (Å²) in [6.45, 7) is 0.302. The highest BCUT2D eigenvalue weighted by Gasteiger charge is 2.37. The molecule has 29 heavy (non-hydrogen) atoms. The predicted molar refractivity (Wildman–Crippen MR) is 102 cm³/mol. The molecule has 1 heterocycles. The molecule has 1 amide bonds. The maximum Gasteiger partial charge on any atom is 0.416 e. The fraction of sp³-hybridized carbons (Fsp3) is 0.667. The van der Waals surface area contributed by atoms with E-state index in [1.807, 2.05) is 0 Å². The van der Waals surface area contributed by atoms with Gasteiger partial charge in [-0.2, -0.15) is 13.2 Å². The molecule has 3 rings (SSSR count). The number of amides is 1. The first kappa shape index (κ1) is 22.1. The number of piperidine rings is 1. The number of carbonyl (C=O) groups is 1. The van der Waals surface area contributed by atoms with Crippen molar-refractivity contribution in [2.45, 2.75) is 68.8 Å². The number of aliphatic hydroxyl groups excluding tert-OH is 1. The van der Waals surface area contributed by atoms with E-state index in [2.05, 4.69) is 0 Å². The summed E-state index contributed by atoms with van der Waals surface area (Å²) in [7, 11) is 0. The fourth-order valence-electron chi connectivity index (χ4n) is 4.59. The van der Waals surface area contributed by atoms with Crippen LogP contribution in [0.3, 0.4) is 0 Å². The van der Waals surface area contributed by atoms with Crippen LogP contribution in [0.15, 0.2) is 24.3 Å². The fourth-order valence-corrected chi connectivity index (χ4v) is 4.59. The second-order valence-electron chi connectivity index (χ2n) is 8.01. The van der Waals surface area contributed by atoms with E-state index in [0.29, 0.717) is 44.4 Å². The quantitative estimate of drug-likeness (QED) is 0.777. The molecule has 162 valence electrons. The average molecular weight is 414 g/mol. The molecule has 1 saturated heterocycles. The standard InChI is InChI=1S/C21H29F3N2O3/c22-21(23,24)17-5-2-1-4-16(17)14-7-9-15(10-8-14)29-13-19-18(25)6-3-11-26(19)20(28)12-27/h1-2,4-5,14-15,18-19,27H,3,6-13,25H2/t14-,15+,18?,19-/m0/s1. The molecule has 0 aromatic heterocycles. The van der Waals surface area contributed by atoms with E-state index in [9.17, 15) is 23.1 Å². The molecule has 0 bridgehead atoms. The zero-order valence-electron chi connectivity index (χ0n) is 16.4. The lowest BCUT2D eigenvalue weighted by Gasteiger charge is -2.40. The molecule has 1 unspecified atom stereocenters. The van der Waals surface area contributed by atoms with Gasteiger partial charge in [0.25, 0.3) is 0 Å². The van der Waals surface area contributed by atoms with Crippen LogP contribution >= 0.6 is 0 Å². The third-order valence-corrected chi connectivity index (χ3v) is 6.17. The lowest BCUT2D eigenvalue weighted by molar-refractivity contribution is -0.141. The molecule has 1 aliphatic heterocycles. The second-order valence-corrected chi connectivity index (χ2v) is 8.01. The van der Waals surface area contributed by atoms with Crippen molar-refractivity contribution in [3.8, 4) is 0 Å². The maximum atomic E-state index is 13.3. The number of rotatable bonds is 5. The Morgan fingerprint density at radius 2 is 1.86 bits per heavy atom. The van der Waals surface area contributed by atoms with Crippen molar-refractivity contribution in [1.82, 2.24) is 4.90 Å². The van der Waals surface area contributed by atoms with Crippen LogP contribution in [0.2, 0.25) is 0 Å². The largest absolute Gasteiger partial charge is 0.416 e. The molecule has 2 aliphatic rings. The smallest absolute Gasteiger partial charge is 0.387 e. The molecule has 5 nitrogen and oxygen atoms in total. The van der Waals surface area contributed by atoms with E-state index in [0.717, 1.165) is 18.9 Å².